The van der Waals surface area contributed by atoms with Crippen molar-refractivity contribution in [3.8, 4) is 5.75 Å². The molecule has 3 heteroatoms. The highest BCUT2D eigenvalue weighted by atomic mass is 32.2. The monoisotopic (exact) mass is 279 g/mol. The molecule has 1 aliphatic carbocycles. The molecule has 2 nitrogen and oxygen atoms in total. The fourth-order valence-corrected chi connectivity index (χ4v) is 4.29. The second kappa shape index (κ2) is 7.20. The Balaban J connectivity index is 1.88. The molecule has 3 unspecified atom stereocenters. The molecular weight excluding hydrogens is 254 g/mol. The molecule has 2 rings (SSSR count). The van der Waals surface area contributed by atoms with E-state index >= 15 is 0 Å². The molecule has 1 fully saturated rings. The highest BCUT2D eigenvalue weighted by molar-refractivity contribution is 7.99. The predicted molar refractivity (Wildman–Crippen MR) is 83.8 cm³/mol. The molecule has 1 aliphatic rings. The van der Waals surface area contributed by atoms with E-state index in [0.29, 0.717) is 0 Å². The number of thioether (sulfide) groups is 1. The van der Waals surface area contributed by atoms with Crippen molar-refractivity contribution >= 4 is 11.8 Å². The summed E-state index contributed by atoms with van der Waals surface area (Å²) in [7, 11) is 1.71. The van der Waals surface area contributed by atoms with Crippen molar-refractivity contribution in [3.05, 3.63) is 29.8 Å². The zero-order chi connectivity index (χ0) is 13.7. The molecule has 3 atom stereocenters. The van der Waals surface area contributed by atoms with Crippen molar-refractivity contribution in [2.24, 2.45) is 11.7 Å². The van der Waals surface area contributed by atoms with Gasteiger partial charge < -0.3 is 10.5 Å². The van der Waals surface area contributed by atoms with E-state index in [-0.39, 0.29) is 6.04 Å². The molecule has 0 aliphatic heterocycles. The Kier molecular flexibility index (Phi) is 5.59. The number of para-hydroxylation sites is 1. The molecule has 1 aromatic rings. The molecule has 0 radical (unpaired) electrons. The second-order valence-corrected chi connectivity index (χ2v) is 6.91. The first-order valence-corrected chi connectivity index (χ1v) is 8.25. The average molecular weight is 279 g/mol. The van der Waals surface area contributed by atoms with E-state index in [9.17, 15) is 0 Å². The van der Waals surface area contributed by atoms with Gasteiger partial charge >= 0.3 is 0 Å². The van der Waals surface area contributed by atoms with Gasteiger partial charge in [0.05, 0.1) is 7.11 Å². The summed E-state index contributed by atoms with van der Waals surface area (Å²) in [6, 6.07) is 8.16. The molecule has 1 aromatic carbocycles. The minimum absolute atomic E-state index is 0.0679. The van der Waals surface area contributed by atoms with Crippen molar-refractivity contribution < 1.29 is 4.74 Å². The number of methoxy groups -OCH3 is 1. The zero-order valence-corrected chi connectivity index (χ0v) is 12.8. The molecule has 0 amide bonds. The summed E-state index contributed by atoms with van der Waals surface area (Å²) in [6.07, 6.45) is 5.48. The molecule has 0 saturated heterocycles. The van der Waals surface area contributed by atoms with Crippen LogP contribution in [0.5, 0.6) is 5.75 Å². The summed E-state index contributed by atoms with van der Waals surface area (Å²) < 4.78 is 5.39. The van der Waals surface area contributed by atoms with Crippen LogP contribution in [0.3, 0.4) is 0 Å². The minimum atomic E-state index is 0.0679. The molecular formula is C16H25NOS. The van der Waals surface area contributed by atoms with E-state index in [2.05, 4.69) is 13.0 Å². The lowest BCUT2D eigenvalue weighted by Crippen LogP contribution is -2.20. The zero-order valence-electron chi connectivity index (χ0n) is 12.0. The Morgan fingerprint density at radius 2 is 2.16 bits per heavy atom. The highest BCUT2D eigenvalue weighted by Crippen LogP contribution is 2.34. The maximum absolute atomic E-state index is 6.32. The first-order valence-electron chi connectivity index (χ1n) is 7.20. The fraction of sp³-hybridized carbons (Fsp3) is 0.625. The number of hydrogen-bond donors (Lipinski definition) is 1. The highest BCUT2D eigenvalue weighted by Gasteiger charge is 2.20. The van der Waals surface area contributed by atoms with E-state index in [4.69, 9.17) is 10.5 Å². The predicted octanol–water partition coefficient (Wildman–Crippen LogP) is 4.01. The van der Waals surface area contributed by atoms with Gasteiger partial charge in [0.2, 0.25) is 0 Å². The van der Waals surface area contributed by atoms with E-state index in [1.165, 1.54) is 25.7 Å². The van der Waals surface area contributed by atoms with Gasteiger partial charge in [-0.1, -0.05) is 38.0 Å². The van der Waals surface area contributed by atoms with Crippen LogP contribution in [0.15, 0.2) is 24.3 Å². The summed E-state index contributed by atoms with van der Waals surface area (Å²) in [4.78, 5) is 0. The molecule has 0 aromatic heterocycles. The topological polar surface area (TPSA) is 35.2 Å². The Morgan fingerprint density at radius 3 is 2.89 bits per heavy atom. The quantitative estimate of drug-likeness (QED) is 0.884. The lowest BCUT2D eigenvalue weighted by Gasteiger charge is -2.27. The van der Waals surface area contributed by atoms with Crippen molar-refractivity contribution in [1.29, 1.82) is 0 Å². The molecule has 106 valence electrons. The summed E-state index contributed by atoms with van der Waals surface area (Å²) in [6.45, 7) is 2.37. The number of nitrogens with two attached hydrogens (primary N) is 1. The van der Waals surface area contributed by atoms with Crippen LogP contribution in [0.25, 0.3) is 0 Å². The van der Waals surface area contributed by atoms with Crippen molar-refractivity contribution in [2.45, 2.75) is 43.9 Å². The van der Waals surface area contributed by atoms with Crippen LogP contribution >= 0.6 is 11.8 Å². The number of ether oxygens (including phenoxy) is 1. The largest absolute Gasteiger partial charge is 0.496 e. The molecule has 19 heavy (non-hydrogen) atoms. The van der Waals surface area contributed by atoms with E-state index in [1.54, 1.807) is 7.11 Å². The summed E-state index contributed by atoms with van der Waals surface area (Å²) in [5, 5.41) is 0.796. The minimum Gasteiger partial charge on any atom is -0.496 e. The second-order valence-electron chi connectivity index (χ2n) is 5.58. The maximum Gasteiger partial charge on any atom is 0.123 e. The SMILES string of the molecule is COc1ccccc1C(N)CSC1CCCC(C)C1. The summed E-state index contributed by atoms with van der Waals surface area (Å²) in [5.41, 5.74) is 7.45. The van der Waals surface area contributed by atoms with Gasteiger partial charge in [0.25, 0.3) is 0 Å². The molecule has 0 heterocycles. The van der Waals surface area contributed by atoms with Gasteiger partial charge in [-0.15, -0.1) is 0 Å². The fourth-order valence-electron chi connectivity index (χ4n) is 2.83. The van der Waals surface area contributed by atoms with Gasteiger partial charge in [0.15, 0.2) is 0 Å². The standard InChI is InChI=1S/C16H25NOS/c1-12-6-5-7-13(10-12)19-11-15(17)14-8-3-4-9-16(14)18-2/h3-4,8-9,12-13,15H,5-7,10-11,17H2,1-2H3. The molecule has 0 spiro atoms. The van der Waals surface area contributed by atoms with E-state index in [1.807, 2.05) is 30.0 Å². The van der Waals surface area contributed by atoms with Gasteiger partial charge in [0.1, 0.15) is 5.75 Å². The maximum atomic E-state index is 6.32. The first kappa shape index (κ1) is 14.7. The van der Waals surface area contributed by atoms with Crippen molar-refractivity contribution in [3.63, 3.8) is 0 Å². The van der Waals surface area contributed by atoms with E-state index < -0.39 is 0 Å². The third kappa shape index (κ3) is 4.15. The average Bonchev–Trinajstić information content (AvgIpc) is 2.45. The van der Waals surface area contributed by atoms with Gasteiger partial charge in [-0.2, -0.15) is 11.8 Å². The van der Waals surface area contributed by atoms with Crippen LogP contribution in [0.2, 0.25) is 0 Å². The van der Waals surface area contributed by atoms with Crippen LogP contribution < -0.4 is 10.5 Å². The van der Waals surface area contributed by atoms with Crippen LogP contribution in [-0.2, 0) is 0 Å². The smallest absolute Gasteiger partial charge is 0.123 e. The number of rotatable bonds is 5. The number of benzene rings is 1. The Hall–Kier alpha value is -0.670. The van der Waals surface area contributed by atoms with Crippen LogP contribution in [0, 0.1) is 5.92 Å². The van der Waals surface area contributed by atoms with Gasteiger partial charge in [-0.25, -0.2) is 0 Å². The molecule has 2 N–H and O–H groups in total. The lowest BCUT2D eigenvalue weighted by molar-refractivity contribution is 0.393. The van der Waals surface area contributed by atoms with Crippen molar-refractivity contribution in [2.75, 3.05) is 12.9 Å². The summed E-state index contributed by atoms with van der Waals surface area (Å²) >= 11 is 2.04. The third-order valence-corrected chi connectivity index (χ3v) is 5.39. The Morgan fingerprint density at radius 1 is 1.37 bits per heavy atom. The lowest BCUT2D eigenvalue weighted by atomic mass is 9.91. The Bertz CT molecular complexity index is 396. The molecule has 0 bridgehead atoms. The Labute approximate surface area is 121 Å². The molecule has 1 saturated carbocycles. The van der Waals surface area contributed by atoms with Gasteiger partial charge in [-0.3, -0.25) is 0 Å². The van der Waals surface area contributed by atoms with Crippen molar-refractivity contribution in [1.82, 2.24) is 0 Å². The number of hydrogen-bond acceptors (Lipinski definition) is 3. The third-order valence-electron chi connectivity index (χ3n) is 3.94. The van der Waals surface area contributed by atoms with Crippen LogP contribution in [0.1, 0.15) is 44.2 Å². The first-order chi connectivity index (χ1) is 9.20. The van der Waals surface area contributed by atoms with Crippen LogP contribution in [0.4, 0.5) is 0 Å². The normalized spacial score (nSPS) is 25.0. The van der Waals surface area contributed by atoms with Gasteiger partial charge in [-0.05, 0) is 24.8 Å². The van der Waals surface area contributed by atoms with Gasteiger partial charge in [0, 0.05) is 22.6 Å². The van der Waals surface area contributed by atoms with Crippen LogP contribution in [-0.4, -0.2) is 18.1 Å². The summed E-state index contributed by atoms with van der Waals surface area (Å²) in [5.74, 6) is 2.78. The van der Waals surface area contributed by atoms with E-state index in [0.717, 1.165) is 28.2 Å².